The van der Waals surface area contributed by atoms with Crippen LogP contribution in [0, 0.1) is 11.3 Å². The summed E-state index contributed by atoms with van der Waals surface area (Å²) >= 11 is 0. The summed E-state index contributed by atoms with van der Waals surface area (Å²) in [4.78, 5) is 25.6. The summed E-state index contributed by atoms with van der Waals surface area (Å²) < 4.78 is 1.69. The Morgan fingerprint density at radius 1 is 1.27 bits per heavy atom. The molecule has 1 unspecified atom stereocenters. The van der Waals surface area contributed by atoms with Crippen LogP contribution in [0.2, 0.25) is 0 Å². The average molecular weight is 299 g/mol. The second kappa shape index (κ2) is 4.56. The fourth-order valence-corrected chi connectivity index (χ4v) is 3.67. The summed E-state index contributed by atoms with van der Waals surface area (Å²) in [6.07, 6.45) is 5.77. The molecule has 1 aliphatic carbocycles. The first-order valence-corrected chi connectivity index (χ1v) is 7.55. The van der Waals surface area contributed by atoms with Gasteiger partial charge in [-0.3, -0.25) is 9.59 Å². The molecule has 2 aliphatic rings. The van der Waals surface area contributed by atoms with Crippen LogP contribution in [0.15, 0.2) is 30.6 Å². The maximum atomic E-state index is 12.7. The number of amides is 1. The zero-order chi connectivity index (χ0) is 15.3. The van der Waals surface area contributed by atoms with E-state index in [9.17, 15) is 9.59 Å². The molecule has 6 heteroatoms. The maximum absolute atomic E-state index is 12.7. The molecule has 6 nitrogen and oxygen atoms in total. The number of nitrogens with zero attached hydrogens (tertiary/aromatic N) is 3. The molecule has 0 aromatic carbocycles. The van der Waals surface area contributed by atoms with Crippen LogP contribution in [0.5, 0.6) is 0 Å². The molecule has 2 fully saturated rings. The smallest absolute Gasteiger partial charge is 0.307 e. The van der Waals surface area contributed by atoms with Gasteiger partial charge >= 0.3 is 5.97 Å². The fourth-order valence-electron chi connectivity index (χ4n) is 3.67. The summed E-state index contributed by atoms with van der Waals surface area (Å²) in [7, 11) is 0. The fraction of sp³-hybridized carbons (Fsp3) is 0.438. The molecule has 1 spiro atoms. The third-order valence-corrected chi connectivity index (χ3v) is 5.19. The second-order valence-corrected chi connectivity index (χ2v) is 6.34. The Labute approximate surface area is 127 Å². The molecule has 1 atom stereocenters. The highest BCUT2D eigenvalue weighted by Gasteiger charge is 2.59. The lowest BCUT2D eigenvalue weighted by molar-refractivity contribution is -0.139. The highest BCUT2D eigenvalue weighted by Crippen LogP contribution is 2.59. The molecule has 0 radical (unpaired) electrons. The van der Waals surface area contributed by atoms with Gasteiger partial charge < -0.3 is 10.0 Å². The van der Waals surface area contributed by atoms with Crippen molar-refractivity contribution in [2.75, 3.05) is 13.1 Å². The van der Waals surface area contributed by atoms with Crippen LogP contribution in [0.25, 0.3) is 5.52 Å². The first-order valence-electron chi connectivity index (χ1n) is 7.55. The number of carbonyl (C=O) groups is 2. The molecule has 1 N–H and O–H groups in total. The number of pyridine rings is 1. The van der Waals surface area contributed by atoms with Crippen molar-refractivity contribution in [1.82, 2.24) is 14.5 Å². The Balaban J connectivity index is 1.50. The van der Waals surface area contributed by atoms with Gasteiger partial charge in [0.05, 0.1) is 23.2 Å². The number of carbonyl (C=O) groups excluding carboxylic acids is 1. The highest BCUT2D eigenvalue weighted by molar-refractivity contribution is 6.00. The van der Waals surface area contributed by atoms with E-state index in [2.05, 4.69) is 5.10 Å². The summed E-state index contributed by atoms with van der Waals surface area (Å²) in [5, 5.41) is 13.3. The summed E-state index contributed by atoms with van der Waals surface area (Å²) in [5.41, 5.74) is 1.37. The van der Waals surface area contributed by atoms with Crippen LogP contribution >= 0.6 is 0 Å². The number of carboxylic acids is 1. The third kappa shape index (κ3) is 1.90. The Morgan fingerprint density at radius 2 is 2.05 bits per heavy atom. The average Bonchev–Trinajstić information content (AvgIpc) is 3.06. The quantitative estimate of drug-likeness (QED) is 0.915. The van der Waals surface area contributed by atoms with Gasteiger partial charge in [-0.25, -0.2) is 4.52 Å². The predicted molar refractivity (Wildman–Crippen MR) is 78.5 cm³/mol. The number of aliphatic carboxylic acids is 1. The van der Waals surface area contributed by atoms with E-state index >= 15 is 0 Å². The molecule has 114 valence electrons. The van der Waals surface area contributed by atoms with Gasteiger partial charge in [0, 0.05) is 19.3 Å². The van der Waals surface area contributed by atoms with Gasteiger partial charge in [-0.15, -0.1) is 0 Å². The molecular formula is C16H17N3O3. The molecule has 22 heavy (non-hydrogen) atoms. The monoisotopic (exact) mass is 299 g/mol. The number of aromatic nitrogens is 2. The van der Waals surface area contributed by atoms with Gasteiger partial charge in [-0.2, -0.15) is 5.10 Å². The lowest BCUT2D eigenvalue weighted by Crippen LogP contribution is -2.39. The Hall–Kier alpha value is -2.37. The number of hydrogen-bond acceptors (Lipinski definition) is 3. The standard InChI is InChI=1S/C16H17N3O3/c20-14(11-10-17-19-6-2-1-3-13(11)19)18-7-4-16(5-8-18)9-12(16)15(21)22/h1-3,6,10,12H,4-5,7-9H2,(H,21,22). The van der Waals surface area contributed by atoms with E-state index < -0.39 is 5.97 Å². The van der Waals surface area contributed by atoms with Gasteiger partial charge in [0.15, 0.2) is 0 Å². The van der Waals surface area contributed by atoms with Gasteiger partial charge in [-0.1, -0.05) is 6.07 Å². The van der Waals surface area contributed by atoms with Gasteiger partial charge in [0.25, 0.3) is 5.91 Å². The number of rotatable bonds is 2. The van der Waals surface area contributed by atoms with Crippen molar-refractivity contribution in [2.45, 2.75) is 19.3 Å². The molecule has 1 aliphatic heterocycles. The van der Waals surface area contributed by atoms with Crippen LogP contribution < -0.4 is 0 Å². The van der Waals surface area contributed by atoms with Crippen molar-refractivity contribution in [3.05, 3.63) is 36.2 Å². The molecule has 2 aromatic rings. The SMILES string of the molecule is O=C(O)C1CC12CCN(C(=O)c1cnn3ccccc13)CC2. The van der Waals surface area contributed by atoms with Crippen molar-refractivity contribution in [3.63, 3.8) is 0 Å². The van der Waals surface area contributed by atoms with Crippen LogP contribution in [-0.2, 0) is 4.79 Å². The summed E-state index contributed by atoms with van der Waals surface area (Å²) in [6, 6.07) is 5.64. The van der Waals surface area contributed by atoms with E-state index in [1.165, 1.54) is 0 Å². The zero-order valence-corrected chi connectivity index (χ0v) is 12.1. The summed E-state index contributed by atoms with van der Waals surface area (Å²) in [6.45, 7) is 1.26. The minimum Gasteiger partial charge on any atom is -0.481 e. The number of carboxylic acid groups (broad SMARTS) is 1. The number of piperidine rings is 1. The first-order chi connectivity index (χ1) is 10.6. The van der Waals surface area contributed by atoms with E-state index in [-0.39, 0.29) is 17.2 Å². The Bertz CT molecular complexity index is 759. The first kappa shape index (κ1) is 13.3. The van der Waals surface area contributed by atoms with Crippen LogP contribution in [0.1, 0.15) is 29.6 Å². The molecule has 2 aromatic heterocycles. The molecule has 1 amide bonds. The number of likely N-dealkylation sites (tertiary alicyclic amines) is 1. The number of fused-ring (bicyclic) bond motifs is 1. The maximum Gasteiger partial charge on any atom is 0.307 e. The lowest BCUT2D eigenvalue weighted by atomic mass is 9.90. The van der Waals surface area contributed by atoms with E-state index in [0.29, 0.717) is 18.7 Å². The lowest BCUT2D eigenvalue weighted by Gasteiger charge is -2.32. The Kier molecular flexibility index (Phi) is 2.76. The molecule has 1 saturated carbocycles. The van der Waals surface area contributed by atoms with Crippen molar-refractivity contribution < 1.29 is 14.7 Å². The minimum atomic E-state index is -0.692. The Morgan fingerprint density at radius 3 is 2.73 bits per heavy atom. The largest absolute Gasteiger partial charge is 0.481 e. The van der Waals surface area contributed by atoms with Crippen LogP contribution in [0.3, 0.4) is 0 Å². The predicted octanol–water partition coefficient (Wildman–Crippen LogP) is 1.66. The zero-order valence-electron chi connectivity index (χ0n) is 12.1. The van der Waals surface area contributed by atoms with Crippen molar-refractivity contribution in [1.29, 1.82) is 0 Å². The van der Waals surface area contributed by atoms with Crippen molar-refractivity contribution >= 4 is 17.4 Å². The van der Waals surface area contributed by atoms with Crippen molar-refractivity contribution in [3.8, 4) is 0 Å². The van der Waals surface area contributed by atoms with Crippen LogP contribution in [0.4, 0.5) is 0 Å². The van der Waals surface area contributed by atoms with E-state index in [1.807, 2.05) is 29.3 Å². The van der Waals surface area contributed by atoms with Crippen molar-refractivity contribution in [2.24, 2.45) is 11.3 Å². The molecule has 0 bridgehead atoms. The van der Waals surface area contributed by atoms with E-state index in [0.717, 1.165) is 24.8 Å². The molecule has 4 rings (SSSR count). The van der Waals surface area contributed by atoms with E-state index in [4.69, 9.17) is 5.11 Å². The van der Waals surface area contributed by atoms with E-state index in [1.54, 1.807) is 10.7 Å². The van der Waals surface area contributed by atoms with Gasteiger partial charge in [0.1, 0.15) is 0 Å². The normalized spacial score (nSPS) is 22.9. The summed E-state index contributed by atoms with van der Waals surface area (Å²) in [5.74, 6) is -0.910. The minimum absolute atomic E-state index is 0.0106. The van der Waals surface area contributed by atoms with Crippen LogP contribution in [-0.4, -0.2) is 44.6 Å². The van der Waals surface area contributed by atoms with Gasteiger partial charge in [-0.05, 0) is 36.8 Å². The molecule has 1 saturated heterocycles. The molecule has 3 heterocycles. The number of hydrogen-bond donors (Lipinski definition) is 1. The highest BCUT2D eigenvalue weighted by atomic mass is 16.4. The third-order valence-electron chi connectivity index (χ3n) is 5.19. The molecular weight excluding hydrogens is 282 g/mol. The van der Waals surface area contributed by atoms with Gasteiger partial charge in [0.2, 0.25) is 0 Å². The topological polar surface area (TPSA) is 74.9 Å². The second-order valence-electron chi connectivity index (χ2n) is 6.34.